The summed E-state index contributed by atoms with van der Waals surface area (Å²) in [6, 6.07) is 6.28. The number of hydrogen-bond donors (Lipinski definition) is 0. The Morgan fingerprint density at radius 3 is 2.87 bits per heavy atom. The molecular formula is C9H6ClNO3S. The summed E-state index contributed by atoms with van der Waals surface area (Å²) in [7, 11) is 1.48. The molecule has 4 nitrogen and oxygen atoms in total. The minimum Gasteiger partial charge on any atom is -0.475 e. The zero-order valence-electron chi connectivity index (χ0n) is 7.47. The third-order valence-electron chi connectivity index (χ3n) is 2.13. The molecule has 0 aliphatic carbocycles. The second kappa shape index (κ2) is 3.40. The lowest BCUT2D eigenvalue weighted by Crippen LogP contribution is -2.08. The van der Waals surface area contributed by atoms with E-state index in [2.05, 4.69) is 0 Å². The quantitative estimate of drug-likeness (QED) is 0.700. The Kier molecular flexibility index (Phi) is 2.33. The normalized spacial score (nSPS) is 19.1. The lowest BCUT2D eigenvalue weighted by Gasteiger charge is -2.00. The van der Waals surface area contributed by atoms with Gasteiger partial charge in [0.1, 0.15) is 11.8 Å². The first-order valence-corrected chi connectivity index (χ1v) is 6.45. The van der Waals surface area contributed by atoms with Crippen molar-refractivity contribution in [2.75, 3.05) is 0 Å². The number of halogens is 1. The SMILES string of the molecule is N#C[C@@H]1Cc2cc(S(=O)(=O)Cl)ccc2O1. The Morgan fingerprint density at radius 2 is 2.27 bits per heavy atom. The summed E-state index contributed by atoms with van der Waals surface area (Å²) in [6.07, 6.45) is -0.139. The van der Waals surface area contributed by atoms with Crippen molar-refractivity contribution in [3.8, 4) is 11.8 Å². The molecule has 1 aromatic rings. The van der Waals surface area contributed by atoms with E-state index in [0.717, 1.165) is 0 Å². The number of ether oxygens (including phenoxy) is 1. The van der Waals surface area contributed by atoms with Crippen molar-refractivity contribution in [2.24, 2.45) is 0 Å². The number of hydrogen-bond acceptors (Lipinski definition) is 4. The van der Waals surface area contributed by atoms with Gasteiger partial charge in [-0.3, -0.25) is 0 Å². The first-order chi connectivity index (χ1) is 7.00. The summed E-state index contributed by atoms with van der Waals surface area (Å²) in [6.45, 7) is 0. The van der Waals surface area contributed by atoms with E-state index in [4.69, 9.17) is 20.7 Å². The minimum absolute atomic E-state index is 0.0325. The molecule has 1 aliphatic rings. The van der Waals surface area contributed by atoms with E-state index in [1.807, 2.05) is 6.07 Å². The largest absolute Gasteiger partial charge is 0.475 e. The Balaban J connectivity index is 2.44. The van der Waals surface area contributed by atoms with Crippen LogP contribution in [0.1, 0.15) is 5.56 Å². The molecule has 0 saturated heterocycles. The highest BCUT2D eigenvalue weighted by Crippen LogP contribution is 2.31. The molecular weight excluding hydrogens is 238 g/mol. The maximum Gasteiger partial charge on any atom is 0.261 e. The van der Waals surface area contributed by atoms with Crippen molar-refractivity contribution < 1.29 is 13.2 Å². The van der Waals surface area contributed by atoms with E-state index in [9.17, 15) is 8.42 Å². The fourth-order valence-electron chi connectivity index (χ4n) is 1.45. The number of nitriles is 1. The first-order valence-electron chi connectivity index (χ1n) is 4.14. The summed E-state index contributed by atoms with van der Waals surface area (Å²) in [4.78, 5) is 0.0325. The van der Waals surface area contributed by atoms with Gasteiger partial charge in [0.2, 0.25) is 0 Å². The van der Waals surface area contributed by atoms with Crippen molar-refractivity contribution in [1.29, 1.82) is 5.26 Å². The number of nitrogens with zero attached hydrogens (tertiary/aromatic N) is 1. The van der Waals surface area contributed by atoms with Gasteiger partial charge in [-0.05, 0) is 18.2 Å². The van der Waals surface area contributed by atoms with Crippen LogP contribution in [0.2, 0.25) is 0 Å². The molecule has 1 aliphatic heterocycles. The third-order valence-corrected chi connectivity index (χ3v) is 3.48. The van der Waals surface area contributed by atoms with Crippen LogP contribution >= 0.6 is 10.7 Å². The van der Waals surface area contributed by atoms with Gasteiger partial charge in [-0.1, -0.05) is 0 Å². The van der Waals surface area contributed by atoms with Crippen LogP contribution in [0.25, 0.3) is 0 Å². The summed E-state index contributed by atoms with van der Waals surface area (Å²) >= 11 is 0. The molecule has 0 fully saturated rings. The molecule has 0 radical (unpaired) electrons. The highest BCUT2D eigenvalue weighted by molar-refractivity contribution is 8.13. The topological polar surface area (TPSA) is 67.2 Å². The second-order valence-electron chi connectivity index (χ2n) is 3.15. The first kappa shape index (κ1) is 10.3. The van der Waals surface area contributed by atoms with E-state index in [1.165, 1.54) is 18.2 Å². The second-order valence-corrected chi connectivity index (χ2v) is 5.71. The molecule has 1 atom stereocenters. The number of benzene rings is 1. The van der Waals surface area contributed by atoms with Gasteiger partial charge in [-0.2, -0.15) is 5.26 Å². The zero-order valence-corrected chi connectivity index (χ0v) is 9.05. The summed E-state index contributed by atoms with van der Waals surface area (Å²) in [5, 5.41) is 8.65. The molecule has 15 heavy (non-hydrogen) atoms. The Bertz CT molecular complexity index is 547. The monoisotopic (exact) mass is 243 g/mol. The van der Waals surface area contributed by atoms with Gasteiger partial charge < -0.3 is 4.74 Å². The summed E-state index contributed by atoms with van der Waals surface area (Å²) in [5.74, 6) is 0.547. The van der Waals surface area contributed by atoms with Gasteiger partial charge >= 0.3 is 0 Å². The van der Waals surface area contributed by atoms with Crippen LogP contribution in [0, 0.1) is 11.3 Å². The average Bonchev–Trinajstić information content (AvgIpc) is 2.57. The molecule has 2 rings (SSSR count). The van der Waals surface area contributed by atoms with E-state index in [1.54, 1.807) is 0 Å². The van der Waals surface area contributed by atoms with Crippen LogP contribution in [-0.4, -0.2) is 14.5 Å². The molecule has 0 unspecified atom stereocenters. The van der Waals surface area contributed by atoms with Crippen LogP contribution in [0.4, 0.5) is 0 Å². The maximum atomic E-state index is 11.0. The summed E-state index contributed by atoms with van der Waals surface area (Å²) in [5.41, 5.74) is 0.697. The maximum absolute atomic E-state index is 11.0. The van der Waals surface area contributed by atoms with Gasteiger partial charge in [0.05, 0.1) is 4.90 Å². The fourth-order valence-corrected chi connectivity index (χ4v) is 2.25. The van der Waals surface area contributed by atoms with Crippen molar-refractivity contribution in [3.05, 3.63) is 23.8 Å². The zero-order chi connectivity index (χ0) is 11.1. The number of rotatable bonds is 1. The lowest BCUT2D eigenvalue weighted by atomic mass is 10.1. The lowest BCUT2D eigenvalue weighted by molar-refractivity contribution is 0.290. The van der Waals surface area contributed by atoms with E-state index < -0.39 is 15.2 Å². The standard InChI is InChI=1S/C9H6ClNO3S/c10-15(12,13)8-1-2-9-6(4-8)3-7(5-11)14-9/h1-2,4,7H,3H2/t7-/m0/s1. The molecule has 0 aromatic heterocycles. The van der Waals surface area contributed by atoms with Crippen molar-refractivity contribution in [1.82, 2.24) is 0 Å². The molecule has 1 heterocycles. The number of fused-ring (bicyclic) bond motifs is 1. The molecule has 0 bridgehead atoms. The summed E-state index contributed by atoms with van der Waals surface area (Å²) < 4.78 is 27.3. The molecule has 0 saturated carbocycles. The van der Waals surface area contributed by atoms with Gasteiger partial charge in [0, 0.05) is 22.7 Å². The van der Waals surface area contributed by atoms with E-state index in [-0.39, 0.29) is 4.90 Å². The molecule has 0 amide bonds. The predicted molar refractivity (Wildman–Crippen MR) is 53.2 cm³/mol. The van der Waals surface area contributed by atoms with E-state index in [0.29, 0.717) is 17.7 Å². The van der Waals surface area contributed by atoms with Crippen LogP contribution in [-0.2, 0) is 15.5 Å². The van der Waals surface area contributed by atoms with Gasteiger partial charge in [-0.25, -0.2) is 8.42 Å². The predicted octanol–water partition coefficient (Wildman–Crippen LogP) is 1.44. The molecule has 0 N–H and O–H groups in total. The average molecular weight is 244 g/mol. The highest BCUT2D eigenvalue weighted by Gasteiger charge is 2.24. The van der Waals surface area contributed by atoms with Crippen molar-refractivity contribution in [3.63, 3.8) is 0 Å². The van der Waals surface area contributed by atoms with E-state index >= 15 is 0 Å². The Hall–Kier alpha value is -1.25. The van der Waals surface area contributed by atoms with Crippen LogP contribution in [0.15, 0.2) is 23.1 Å². The molecule has 6 heteroatoms. The van der Waals surface area contributed by atoms with Crippen LogP contribution in [0.5, 0.6) is 5.75 Å². The molecule has 78 valence electrons. The van der Waals surface area contributed by atoms with Gasteiger partial charge in [-0.15, -0.1) is 0 Å². The van der Waals surface area contributed by atoms with Crippen LogP contribution < -0.4 is 4.74 Å². The fraction of sp³-hybridized carbons (Fsp3) is 0.222. The van der Waals surface area contributed by atoms with Gasteiger partial charge in [0.25, 0.3) is 9.05 Å². The van der Waals surface area contributed by atoms with Crippen LogP contribution in [0.3, 0.4) is 0 Å². The third kappa shape index (κ3) is 1.91. The van der Waals surface area contributed by atoms with Crippen molar-refractivity contribution >= 4 is 19.7 Å². The highest BCUT2D eigenvalue weighted by atomic mass is 35.7. The van der Waals surface area contributed by atoms with Gasteiger partial charge in [0.15, 0.2) is 6.10 Å². The molecule has 1 aromatic carbocycles. The smallest absolute Gasteiger partial charge is 0.261 e. The minimum atomic E-state index is -3.71. The Morgan fingerprint density at radius 1 is 1.53 bits per heavy atom. The molecule has 0 spiro atoms. The Labute approximate surface area is 91.5 Å². The van der Waals surface area contributed by atoms with Crippen molar-refractivity contribution in [2.45, 2.75) is 17.4 Å².